The Morgan fingerprint density at radius 3 is 2.79 bits per heavy atom. The average molecular weight is 228 g/mol. The van der Waals surface area contributed by atoms with Gasteiger partial charge in [-0.05, 0) is 30.8 Å². The van der Waals surface area contributed by atoms with E-state index in [-0.39, 0.29) is 6.04 Å². The molecule has 0 radical (unpaired) electrons. The van der Waals surface area contributed by atoms with Crippen molar-refractivity contribution >= 4 is 23.2 Å². The molecule has 0 aromatic heterocycles. The third-order valence-electron chi connectivity index (χ3n) is 2.00. The van der Waals surface area contributed by atoms with E-state index in [1.807, 2.05) is 13.1 Å². The minimum absolute atomic E-state index is 0.0613. The zero-order chi connectivity index (χ0) is 10.6. The van der Waals surface area contributed by atoms with E-state index in [1.54, 1.807) is 12.1 Å². The molecule has 0 aliphatic heterocycles. The highest BCUT2D eigenvalue weighted by atomic mass is 35.5. The molecule has 1 N–H and O–H groups in total. The fraction of sp³-hybridized carbons (Fsp3) is 0.273. The van der Waals surface area contributed by atoms with Crippen LogP contribution in [0.3, 0.4) is 0 Å². The van der Waals surface area contributed by atoms with E-state index in [2.05, 4.69) is 11.2 Å². The van der Waals surface area contributed by atoms with Gasteiger partial charge in [-0.2, -0.15) is 0 Å². The third kappa shape index (κ3) is 2.65. The van der Waals surface area contributed by atoms with Gasteiger partial charge in [-0.1, -0.05) is 23.2 Å². The number of hydrogen-bond donors (Lipinski definition) is 1. The summed E-state index contributed by atoms with van der Waals surface area (Å²) in [7, 11) is 1.85. The Kier molecular flexibility index (Phi) is 4.28. The fourth-order valence-electron chi connectivity index (χ4n) is 1.27. The molecule has 74 valence electrons. The highest BCUT2D eigenvalue weighted by molar-refractivity contribution is 6.33. The summed E-state index contributed by atoms with van der Waals surface area (Å²) >= 11 is 11.9. The minimum atomic E-state index is 0.0613. The summed E-state index contributed by atoms with van der Waals surface area (Å²) in [4.78, 5) is 0. The molecule has 1 nitrogen and oxygen atoms in total. The van der Waals surface area contributed by atoms with Crippen molar-refractivity contribution < 1.29 is 0 Å². The van der Waals surface area contributed by atoms with Crippen LogP contribution in [0.25, 0.3) is 0 Å². The lowest BCUT2D eigenvalue weighted by atomic mass is 10.0. The molecule has 1 rings (SSSR count). The lowest BCUT2D eigenvalue weighted by molar-refractivity contribution is 0.612. The molecule has 0 fully saturated rings. The largest absolute Gasteiger partial charge is 0.312 e. The summed E-state index contributed by atoms with van der Waals surface area (Å²) in [5, 5.41) is 4.45. The van der Waals surface area contributed by atoms with Crippen LogP contribution in [0.1, 0.15) is 18.0 Å². The average Bonchev–Trinajstić information content (AvgIpc) is 2.18. The predicted molar refractivity (Wildman–Crippen MR) is 61.7 cm³/mol. The van der Waals surface area contributed by atoms with Crippen molar-refractivity contribution in [2.24, 2.45) is 0 Å². The monoisotopic (exact) mass is 227 g/mol. The molecule has 0 saturated heterocycles. The first-order valence-electron chi connectivity index (χ1n) is 4.24. The van der Waals surface area contributed by atoms with E-state index >= 15 is 0 Å². The van der Waals surface area contributed by atoms with Gasteiger partial charge in [0.2, 0.25) is 0 Å². The number of hydrogen-bond acceptors (Lipinski definition) is 1. The molecule has 1 unspecified atom stereocenters. The van der Waals surface area contributed by atoms with Crippen molar-refractivity contribution in [1.82, 2.24) is 5.32 Å². The Labute approximate surface area is 94.4 Å². The Bertz CT molecular complexity index is 355. The Hall–Kier alpha value is -0.680. The molecule has 0 amide bonds. The summed E-state index contributed by atoms with van der Waals surface area (Å²) in [5.74, 6) is 2.60. The zero-order valence-electron chi connectivity index (χ0n) is 7.85. The van der Waals surface area contributed by atoms with Crippen LogP contribution in [-0.2, 0) is 0 Å². The SMILES string of the molecule is C#CCC(NC)c1cc(Cl)ccc1Cl. The molecule has 0 spiro atoms. The standard InChI is InChI=1S/C11H11Cl2N/c1-3-4-11(14-2)9-7-8(12)5-6-10(9)13/h1,5-7,11,14H,4H2,2H3. The predicted octanol–water partition coefficient (Wildman–Crippen LogP) is 3.28. The second-order valence-electron chi connectivity index (χ2n) is 2.92. The van der Waals surface area contributed by atoms with E-state index in [0.717, 1.165) is 5.56 Å². The maximum atomic E-state index is 6.04. The third-order valence-corrected chi connectivity index (χ3v) is 2.58. The van der Waals surface area contributed by atoms with Crippen molar-refractivity contribution in [3.05, 3.63) is 33.8 Å². The van der Waals surface area contributed by atoms with E-state index in [1.165, 1.54) is 0 Å². The summed E-state index contributed by atoms with van der Waals surface area (Å²) in [5.41, 5.74) is 0.944. The van der Waals surface area contributed by atoms with Gasteiger partial charge in [0, 0.05) is 22.5 Å². The Balaban J connectivity index is 3.03. The highest BCUT2D eigenvalue weighted by Crippen LogP contribution is 2.27. The molecule has 1 aromatic carbocycles. The molecule has 3 heteroatoms. The lowest BCUT2D eigenvalue weighted by Crippen LogP contribution is -2.16. The molecule has 1 atom stereocenters. The van der Waals surface area contributed by atoms with Gasteiger partial charge in [0.25, 0.3) is 0 Å². The van der Waals surface area contributed by atoms with E-state index < -0.39 is 0 Å². The van der Waals surface area contributed by atoms with Crippen molar-refractivity contribution in [3.63, 3.8) is 0 Å². The van der Waals surface area contributed by atoms with Gasteiger partial charge in [-0.3, -0.25) is 0 Å². The Morgan fingerprint density at radius 2 is 2.21 bits per heavy atom. The zero-order valence-corrected chi connectivity index (χ0v) is 9.36. The normalized spacial score (nSPS) is 12.1. The van der Waals surface area contributed by atoms with Gasteiger partial charge >= 0.3 is 0 Å². The number of rotatable bonds is 3. The quantitative estimate of drug-likeness (QED) is 0.783. The minimum Gasteiger partial charge on any atom is -0.312 e. The van der Waals surface area contributed by atoms with Crippen LogP contribution in [0.2, 0.25) is 10.0 Å². The Morgan fingerprint density at radius 1 is 1.50 bits per heavy atom. The fourth-order valence-corrected chi connectivity index (χ4v) is 1.70. The van der Waals surface area contributed by atoms with E-state index in [9.17, 15) is 0 Å². The van der Waals surface area contributed by atoms with Crippen LogP contribution in [0, 0.1) is 12.3 Å². The van der Waals surface area contributed by atoms with Crippen molar-refractivity contribution in [1.29, 1.82) is 0 Å². The van der Waals surface area contributed by atoms with Crippen LogP contribution < -0.4 is 5.32 Å². The second-order valence-corrected chi connectivity index (χ2v) is 3.76. The number of halogens is 2. The van der Waals surface area contributed by atoms with Gasteiger partial charge in [-0.15, -0.1) is 12.3 Å². The molecule has 0 heterocycles. The van der Waals surface area contributed by atoms with Gasteiger partial charge < -0.3 is 5.32 Å². The second kappa shape index (κ2) is 5.26. The molecule has 1 aromatic rings. The van der Waals surface area contributed by atoms with Gasteiger partial charge in [0.1, 0.15) is 0 Å². The van der Waals surface area contributed by atoms with Crippen molar-refractivity contribution in [2.75, 3.05) is 7.05 Å². The first-order chi connectivity index (χ1) is 6.69. The number of nitrogens with one attached hydrogen (secondary N) is 1. The van der Waals surface area contributed by atoms with Crippen molar-refractivity contribution in [2.45, 2.75) is 12.5 Å². The number of benzene rings is 1. The van der Waals surface area contributed by atoms with Crippen LogP contribution in [0.5, 0.6) is 0 Å². The summed E-state index contributed by atoms with van der Waals surface area (Å²) < 4.78 is 0. The lowest BCUT2D eigenvalue weighted by Gasteiger charge is -2.15. The van der Waals surface area contributed by atoms with Crippen LogP contribution in [0.15, 0.2) is 18.2 Å². The van der Waals surface area contributed by atoms with Gasteiger partial charge in [0.15, 0.2) is 0 Å². The van der Waals surface area contributed by atoms with E-state index in [4.69, 9.17) is 29.6 Å². The maximum absolute atomic E-state index is 6.04. The van der Waals surface area contributed by atoms with Crippen LogP contribution >= 0.6 is 23.2 Å². The highest BCUT2D eigenvalue weighted by Gasteiger charge is 2.11. The first kappa shape index (κ1) is 11.4. The molecule has 0 aliphatic rings. The van der Waals surface area contributed by atoms with E-state index in [0.29, 0.717) is 16.5 Å². The molecular weight excluding hydrogens is 217 g/mol. The molecular formula is C11H11Cl2N. The first-order valence-corrected chi connectivity index (χ1v) is 5.00. The van der Waals surface area contributed by atoms with Crippen LogP contribution in [-0.4, -0.2) is 7.05 Å². The number of terminal acetylenes is 1. The van der Waals surface area contributed by atoms with Gasteiger partial charge in [0.05, 0.1) is 0 Å². The van der Waals surface area contributed by atoms with Crippen LogP contribution in [0.4, 0.5) is 0 Å². The van der Waals surface area contributed by atoms with Crippen molar-refractivity contribution in [3.8, 4) is 12.3 Å². The maximum Gasteiger partial charge on any atom is 0.0455 e. The molecule has 0 bridgehead atoms. The molecule has 14 heavy (non-hydrogen) atoms. The summed E-state index contributed by atoms with van der Waals surface area (Å²) in [6.07, 6.45) is 5.86. The summed E-state index contributed by atoms with van der Waals surface area (Å²) in [6.45, 7) is 0. The van der Waals surface area contributed by atoms with Gasteiger partial charge in [-0.25, -0.2) is 0 Å². The molecule has 0 saturated carbocycles. The topological polar surface area (TPSA) is 12.0 Å². The smallest absolute Gasteiger partial charge is 0.0455 e. The summed E-state index contributed by atoms with van der Waals surface area (Å²) in [6, 6.07) is 5.43. The molecule has 0 aliphatic carbocycles.